The minimum atomic E-state index is 0.145. The van der Waals surface area contributed by atoms with Crippen LogP contribution in [0.25, 0.3) is 11.0 Å². The summed E-state index contributed by atoms with van der Waals surface area (Å²) in [7, 11) is 1.88. The summed E-state index contributed by atoms with van der Waals surface area (Å²) < 4.78 is 1.75. The van der Waals surface area contributed by atoms with Gasteiger partial charge in [0.05, 0.1) is 16.5 Å². The SMILES string of the molecule is CCc1cc(C(=O)N2CCN(c3ncnc4c3cnn4C)CC2)sc1C. The van der Waals surface area contributed by atoms with Crippen LogP contribution in [0.5, 0.6) is 0 Å². The van der Waals surface area contributed by atoms with E-state index in [1.165, 1.54) is 10.4 Å². The second-order valence-electron chi connectivity index (χ2n) is 6.53. The van der Waals surface area contributed by atoms with Gasteiger partial charge in [0.15, 0.2) is 5.65 Å². The molecule has 1 amide bonds. The first-order chi connectivity index (χ1) is 12.6. The molecule has 0 saturated carbocycles. The molecule has 8 heteroatoms. The average Bonchev–Trinajstić information content (AvgIpc) is 3.24. The van der Waals surface area contributed by atoms with Gasteiger partial charge in [0, 0.05) is 38.1 Å². The normalized spacial score (nSPS) is 15.0. The molecule has 3 aromatic rings. The van der Waals surface area contributed by atoms with Crippen LogP contribution in [0.4, 0.5) is 5.82 Å². The molecule has 0 spiro atoms. The predicted octanol–water partition coefficient (Wildman–Crippen LogP) is 2.26. The number of carbonyl (C=O) groups is 1. The molecule has 26 heavy (non-hydrogen) atoms. The molecule has 4 rings (SSSR count). The molecule has 0 N–H and O–H groups in total. The van der Waals surface area contributed by atoms with Crippen molar-refractivity contribution in [2.75, 3.05) is 31.1 Å². The maximum Gasteiger partial charge on any atom is 0.264 e. The average molecular weight is 370 g/mol. The van der Waals surface area contributed by atoms with Gasteiger partial charge in [-0.2, -0.15) is 5.10 Å². The number of hydrogen-bond donors (Lipinski definition) is 0. The van der Waals surface area contributed by atoms with Crippen LogP contribution in [0.3, 0.4) is 0 Å². The van der Waals surface area contributed by atoms with Crippen molar-refractivity contribution in [1.29, 1.82) is 0 Å². The van der Waals surface area contributed by atoms with Crippen LogP contribution in [0.1, 0.15) is 27.0 Å². The van der Waals surface area contributed by atoms with E-state index in [-0.39, 0.29) is 5.91 Å². The van der Waals surface area contributed by atoms with E-state index in [9.17, 15) is 4.79 Å². The van der Waals surface area contributed by atoms with Crippen molar-refractivity contribution in [2.24, 2.45) is 7.05 Å². The largest absolute Gasteiger partial charge is 0.352 e. The third-order valence-electron chi connectivity index (χ3n) is 4.99. The molecule has 3 aromatic heterocycles. The van der Waals surface area contributed by atoms with Crippen LogP contribution in [-0.2, 0) is 13.5 Å². The standard InChI is InChI=1S/C18H22N6OS/c1-4-13-9-15(26-12(13)2)18(25)24-7-5-23(6-8-24)17-14-10-21-22(3)16(14)19-11-20-17/h9-11H,4-8H2,1-3H3. The van der Waals surface area contributed by atoms with Crippen molar-refractivity contribution in [1.82, 2.24) is 24.6 Å². The summed E-state index contributed by atoms with van der Waals surface area (Å²) in [6, 6.07) is 2.05. The Kier molecular flexibility index (Phi) is 4.36. The number of fused-ring (bicyclic) bond motifs is 1. The molecule has 4 heterocycles. The number of anilines is 1. The van der Waals surface area contributed by atoms with Gasteiger partial charge in [0.1, 0.15) is 12.1 Å². The Labute approximate surface area is 156 Å². The molecule has 0 atom stereocenters. The summed E-state index contributed by atoms with van der Waals surface area (Å²) in [6.45, 7) is 7.14. The van der Waals surface area contributed by atoms with Crippen molar-refractivity contribution in [3.05, 3.63) is 33.9 Å². The van der Waals surface area contributed by atoms with E-state index in [1.807, 2.05) is 18.1 Å². The highest BCUT2D eigenvalue weighted by molar-refractivity contribution is 7.14. The van der Waals surface area contributed by atoms with Crippen molar-refractivity contribution in [3.63, 3.8) is 0 Å². The minimum Gasteiger partial charge on any atom is -0.352 e. The molecule has 0 radical (unpaired) electrons. The fourth-order valence-corrected chi connectivity index (χ4v) is 4.54. The first kappa shape index (κ1) is 17.0. The van der Waals surface area contributed by atoms with Gasteiger partial charge < -0.3 is 9.80 Å². The minimum absolute atomic E-state index is 0.145. The van der Waals surface area contributed by atoms with Gasteiger partial charge in [0.2, 0.25) is 0 Å². The summed E-state index contributed by atoms with van der Waals surface area (Å²) in [5.74, 6) is 1.04. The smallest absolute Gasteiger partial charge is 0.264 e. The van der Waals surface area contributed by atoms with E-state index in [2.05, 4.69) is 39.9 Å². The third-order valence-corrected chi connectivity index (χ3v) is 6.07. The van der Waals surface area contributed by atoms with Gasteiger partial charge in [-0.25, -0.2) is 9.97 Å². The zero-order valence-electron chi connectivity index (χ0n) is 15.3. The Morgan fingerprint density at radius 3 is 2.69 bits per heavy atom. The van der Waals surface area contributed by atoms with Crippen LogP contribution >= 0.6 is 11.3 Å². The quantitative estimate of drug-likeness (QED) is 0.707. The fraction of sp³-hybridized carbons (Fsp3) is 0.444. The van der Waals surface area contributed by atoms with Crippen molar-refractivity contribution < 1.29 is 4.79 Å². The lowest BCUT2D eigenvalue weighted by Crippen LogP contribution is -2.49. The Morgan fingerprint density at radius 1 is 1.23 bits per heavy atom. The summed E-state index contributed by atoms with van der Waals surface area (Å²) >= 11 is 1.61. The highest BCUT2D eigenvalue weighted by atomic mass is 32.1. The van der Waals surface area contributed by atoms with E-state index in [0.29, 0.717) is 13.1 Å². The Balaban J connectivity index is 1.49. The molecule has 0 bridgehead atoms. The fourth-order valence-electron chi connectivity index (χ4n) is 3.46. The van der Waals surface area contributed by atoms with Crippen LogP contribution < -0.4 is 4.90 Å². The van der Waals surface area contributed by atoms with E-state index in [0.717, 1.165) is 41.2 Å². The number of hydrogen-bond acceptors (Lipinski definition) is 6. The molecule has 1 saturated heterocycles. The van der Waals surface area contributed by atoms with Gasteiger partial charge in [0.25, 0.3) is 5.91 Å². The van der Waals surface area contributed by atoms with Gasteiger partial charge >= 0.3 is 0 Å². The zero-order chi connectivity index (χ0) is 18.3. The summed E-state index contributed by atoms with van der Waals surface area (Å²) in [4.78, 5) is 27.8. The number of aryl methyl sites for hydroxylation is 3. The molecule has 1 fully saturated rings. The Hall–Kier alpha value is -2.48. The first-order valence-corrected chi connectivity index (χ1v) is 9.66. The highest BCUT2D eigenvalue weighted by Gasteiger charge is 2.25. The number of nitrogens with zero attached hydrogens (tertiary/aromatic N) is 6. The Morgan fingerprint density at radius 2 is 2.00 bits per heavy atom. The molecular formula is C18H22N6OS. The van der Waals surface area contributed by atoms with E-state index in [4.69, 9.17) is 0 Å². The first-order valence-electron chi connectivity index (χ1n) is 8.84. The van der Waals surface area contributed by atoms with Gasteiger partial charge in [-0.3, -0.25) is 9.48 Å². The summed E-state index contributed by atoms with van der Waals surface area (Å²) in [5.41, 5.74) is 2.10. The second kappa shape index (κ2) is 6.68. The van der Waals surface area contributed by atoms with Crippen molar-refractivity contribution in [2.45, 2.75) is 20.3 Å². The van der Waals surface area contributed by atoms with Crippen LogP contribution in [0.2, 0.25) is 0 Å². The predicted molar refractivity (Wildman–Crippen MR) is 103 cm³/mol. The molecule has 7 nitrogen and oxygen atoms in total. The molecular weight excluding hydrogens is 348 g/mol. The number of amides is 1. The van der Waals surface area contributed by atoms with Crippen LogP contribution in [-0.4, -0.2) is 56.7 Å². The topological polar surface area (TPSA) is 67.2 Å². The maximum absolute atomic E-state index is 12.8. The van der Waals surface area contributed by atoms with Gasteiger partial charge in [-0.15, -0.1) is 11.3 Å². The van der Waals surface area contributed by atoms with E-state index < -0.39 is 0 Å². The number of carbonyl (C=O) groups excluding carboxylic acids is 1. The molecule has 1 aliphatic rings. The highest BCUT2D eigenvalue weighted by Crippen LogP contribution is 2.26. The molecule has 1 aliphatic heterocycles. The van der Waals surface area contributed by atoms with Crippen molar-refractivity contribution >= 4 is 34.1 Å². The van der Waals surface area contributed by atoms with Crippen molar-refractivity contribution in [3.8, 4) is 0 Å². The summed E-state index contributed by atoms with van der Waals surface area (Å²) in [5, 5.41) is 5.23. The molecule has 0 aliphatic carbocycles. The lowest BCUT2D eigenvalue weighted by Gasteiger charge is -2.35. The molecule has 136 valence electrons. The van der Waals surface area contributed by atoms with Crippen LogP contribution in [0, 0.1) is 6.92 Å². The molecule has 0 aromatic carbocycles. The van der Waals surface area contributed by atoms with Gasteiger partial charge in [-0.05, 0) is 25.0 Å². The maximum atomic E-state index is 12.8. The monoisotopic (exact) mass is 370 g/mol. The lowest BCUT2D eigenvalue weighted by molar-refractivity contribution is 0.0751. The van der Waals surface area contributed by atoms with Crippen LogP contribution in [0.15, 0.2) is 18.6 Å². The number of aromatic nitrogens is 4. The summed E-state index contributed by atoms with van der Waals surface area (Å²) in [6.07, 6.45) is 4.36. The van der Waals surface area contributed by atoms with E-state index >= 15 is 0 Å². The second-order valence-corrected chi connectivity index (χ2v) is 7.78. The number of thiophene rings is 1. The van der Waals surface area contributed by atoms with Gasteiger partial charge in [-0.1, -0.05) is 6.92 Å². The third kappa shape index (κ3) is 2.84. The number of piperazine rings is 1. The Bertz CT molecular complexity index is 954. The van der Waals surface area contributed by atoms with E-state index in [1.54, 1.807) is 22.3 Å². The number of rotatable bonds is 3. The lowest BCUT2D eigenvalue weighted by atomic mass is 10.2. The zero-order valence-corrected chi connectivity index (χ0v) is 16.1. The molecule has 0 unspecified atom stereocenters.